The van der Waals surface area contributed by atoms with Crippen LogP contribution in [0.1, 0.15) is 22.8 Å². The average Bonchev–Trinajstić information content (AvgIpc) is 2.67. The Hall–Kier alpha value is -2.91. The lowest BCUT2D eigenvalue weighted by molar-refractivity contribution is -0.0171. The number of carbonyl (C=O) groups is 1. The number of benzene rings is 2. The van der Waals surface area contributed by atoms with Crippen LogP contribution in [0, 0.1) is 17.1 Å². The highest BCUT2D eigenvalue weighted by Crippen LogP contribution is 2.24. The zero-order chi connectivity index (χ0) is 17.6. The van der Waals surface area contributed by atoms with E-state index >= 15 is 0 Å². The molecule has 0 radical (unpaired) electrons. The van der Waals surface area contributed by atoms with E-state index in [2.05, 4.69) is 11.4 Å². The molecule has 25 heavy (non-hydrogen) atoms. The van der Waals surface area contributed by atoms with Gasteiger partial charge in [-0.3, -0.25) is 0 Å². The largest absolute Gasteiger partial charge is 0.370 e. The van der Waals surface area contributed by atoms with Gasteiger partial charge in [-0.1, -0.05) is 30.3 Å². The minimum atomic E-state index is -0.462. The summed E-state index contributed by atoms with van der Waals surface area (Å²) in [7, 11) is 0. The summed E-state index contributed by atoms with van der Waals surface area (Å²) in [5.41, 5.74) is 1.95. The van der Waals surface area contributed by atoms with E-state index in [1.807, 2.05) is 0 Å². The molecule has 1 heterocycles. The normalized spacial score (nSPS) is 17.0. The van der Waals surface area contributed by atoms with Gasteiger partial charge in [0.15, 0.2) is 0 Å². The van der Waals surface area contributed by atoms with Crippen molar-refractivity contribution in [2.45, 2.75) is 12.6 Å². The van der Waals surface area contributed by atoms with Crippen molar-refractivity contribution in [1.29, 1.82) is 5.26 Å². The molecule has 2 aromatic carbocycles. The summed E-state index contributed by atoms with van der Waals surface area (Å²) in [6.07, 6.45) is -0.462. The lowest BCUT2D eigenvalue weighted by Gasteiger charge is -2.33. The average molecular weight is 339 g/mol. The van der Waals surface area contributed by atoms with E-state index in [1.165, 1.54) is 6.07 Å². The molecule has 1 fully saturated rings. The predicted octanol–water partition coefficient (Wildman–Crippen LogP) is 2.98. The molecule has 1 saturated heterocycles. The van der Waals surface area contributed by atoms with Crippen molar-refractivity contribution in [3.63, 3.8) is 0 Å². The SMILES string of the molecule is N#Cc1ccc(CNC(=O)N2CCOC(c3ccccc3F)C2)cc1. The molecule has 2 amide bonds. The standard InChI is InChI=1S/C19H18FN3O2/c20-17-4-2-1-3-16(17)18-13-23(9-10-25-18)19(24)22-12-15-7-5-14(11-21)6-8-15/h1-8,18H,9-10,12-13H2,(H,22,24). The van der Waals surface area contributed by atoms with Gasteiger partial charge in [-0.15, -0.1) is 0 Å². The fourth-order valence-electron chi connectivity index (χ4n) is 2.74. The van der Waals surface area contributed by atoms with Crippen LogP contribution in [-0.4, -0.2) is 30.6 Å². The third-order valence-corrected chi connectivity index (χ3v) is 4.13. The molecule has 128 valence electrons. The van der Waals surface area contributed by atoms with Crippen molar-refractivity contribution < 1.29 is 13.9 Å². The fourth-order valence-corrected chi connectivity index (χ4v) is 2.74. The molecule has 3 rings (SSSR count). The Morgan fingerprint density at radius 3 is 2.76 bits per heavy atom. The smallest absolute Gasteiger partial charge is 0.317 e. The molecule has 0 spiro atoms. The number of hydrogen-bond acceptors (Lipinski definition) is 3. The van der Waals surface area contributed by atoms with Crippen LogP contribution in [0.2, 0.25) is 0 Å². The lowest BCUT2D eigenvalue weighted by Crippen LogP contribution is -2.47. The highest BCUT2D eigenvalue weighted by molar-refractivity contribution is 5.74. The molecule has 1 N–H and O–H groups in total. The first-order chi connectivity index (χ1) is 12.2. The topological polar surface area (TPSA) is 65.4 Å². The molecular weight excluding hydrogens is 321 g/mol. The van der Waals surface area contributed by atoms with E-state index in [0.717, 1.165) is 5.56 Å². The number of halogens is 1. The second-order valence-corrected chi connectivity index (χ2v) is 5.79. The molecule has 0 aliphatic carbocycles. The van der Waals surface area contributed by atoms with Crippen LogP contribution in [0.4, 0.5) is 9.18 Å². The van der Waals surface area contributed by atoms with Crippen molar-refractivity contribution in [3.05, 3.63) is 71.0 Å². The minimum absolute atomic E-state index is 0.214. The quantitative estimate of drug-likeness (QED) is 0.935. The summed E-state index contributed by atoms with van der Waals surface area (Å²) in [6, 6.07) is 15.3. The molecule has 5 nitrogen and oxygen atoms in total. The first-order valence-corrected chi connectivity index (χ1v) is 8.05. The summed E-state index contributed by atoms with van der Waals surface area (Å²) >= 11 is 0. The van der Waals surface area contributed by atoms with Gasteiger partial charge in [0, 0.05) is 18.7 Å². The number of nitrogens with zero attached hydrogens (tertiary/aromatic N) is 2. The number of morpholine rings is 1. The van der Waals surface area contributed by atoms with Crippen LogP contribution in [0.3, 0.4) is 0 Å². The van der Waals surface area contributed by atoms with Crippen molar-refractivity contribution >= 4 is 6.03 Å². The first kappa shape index (κ1) is 16.9. The summed E-state index contributed by atoms with van der Waals surface area (Å²) in [5.74, 6) is -0.327. The number of amides is 2. The number of hydrogen-bond donors (Lipinski definition) is 1. The second kappa shape index (κ2) is 7.77. The van der Waals surface area contributed by atoms with E-state index in [1.54, 1.807) is 47.4 Å². The zero-order valence-electron chi connectivity index (χ0n) is 13.6. The van der Waals surface area contributed by atoms with Crippen LogP contribution < -0.4 is 5.32 Å². The maximum Gasteiger partial charge on any atom is 0.317 e. The predicted molar refractivity (Wildman–Crippen MR) is 90.1 cm³/mol. The molecule has 1 aliphatic heterocycles. The van der Waals surface area contributed by atoms with Gasteiger partial charge in [-0.25, -0.2) is 9.18 Å². The molecule has 1 aliphatic rings. The van der Waals surface area contributed by atoms with Gasteiger partial charge >= 0.3 is 6.03 Å². The molecule has 2 aromatic rings. The Labute approximate surface area is 145 Å². The third kappa shape index (κ3) is 4.14. The number of nitrogens with one attached hydrogen (secondary N) is 1. The van der Waals surface area contributed by atoms with Gasteiger partial charge in [-0.2, -0.15) is 5.26 Å². The van der Waals surface area contributed by atoms with Crippen molar-refractivity contribution in [2.24, 2.45) is 0 Å². The number of rotatable bonds is 3. The zero-order valence-corrected chi connectivity index (χ0v) is 13.6. The molecular formula is C19H18FN3O2. The minimum Gasteiger partial charge on any atom is -0.370 e. The molecule has 1 atom stereocenters. The maximum absolute atomic E-state index is 13.9. The second-order valence-electron chi connectivity index (χ2n) is 5.79. The lowest BCUT2D eigenvalue weighted by atomic mass is 10.1. The first-order valence-electron chi connectivity index (χ1n) is 8.05. The van der Waals surface area contributed by atoms with Crippen LogP contribution in [0.5, 0.6) is 0 Å². The van der Waals surface area contributed by atoms with Crippen LogP contribution in [-0.2, 0) is 11.3 Å². The number of urea groups is 1. The van der Waals surface area contributed by atoms with Crippen molar-refractivity contribution in [3.8, 4) is 6.07 Å². The van der Waals surface area contributed by atoms with E-state index in [0.29, 0.717) is 37.4 Å². The maximum atomic E-state index is 13.9. The van der Waals surface area contributed by atoms with Crippen LogP contribution in [0.15, 0.2) is 48.5 Å². The Balaban J connectivity index is 1.58. The summed E-state index contributed by atoms with van der Waals surface area (Å²) in [4.78, 5) is 14.0. The van der Waals surface area contributed by atoms with E-state index in [-0.39, 0.29) is 11.8 Å². The summed E-state index contributed by atoms with van der Waals surface area (Å²) in [5, 5.41) is 11.6. The van der Waals surface area contributed by atoms with Crippen LogP contribution in [0.25, 0.3) is 0 Å². The van der Waals surface area contributed by atoms with Gasteiger partial charge in [0.25, 0.3) is 0 Å². The van der Waals surface area contributed by atoms with E-state index in [9.17, 15) is 9.18 Å². The summed E-state index contributed by atoms with van der Waals surface area (Å²) in [6.45, 7) is 1.50. The molecule has 0 saturated carbocycles. The molecule has 0 bridgehead atoms. The highest BCUT2D eigenvalue weighted by atomic mass is 19.1. The fraction of sp³-hybridized carbons (Fsp3) is 0.263. The monoisotopic (exact) mass is 339 g/mol. The van der Waals surface area contributed by atoms with Gasteiger partial charge in [0.05, 0.1) is 24.8 Å². The Morgan fingerprint density at radius 2 is 2.04 bits per heavy atom. The molecule has 1 unspecified atom stereocenters. The Bertz CT molecular complexity index is 786. The summed E-state index contributed by atoms with van der Waals surface area (Å²) < 4.78 is 19.5. The Kier molecular flexibility index (Phi) is 5.26. The Morgan fingerprint density at radius 1 is 1.28 bits per heavy atom. The van der Waals surface area contributed by atoms with E-state index < -0.39 is 6.10 Å². The number of carbonyl (C=O) groups excluding carboxylic acids is 1. The number of ether oxygens (including phenoxy) is 1. The van der Waals surface area contributed by atoms with Gasteiger partial charge in [-0.05, 0) is 23.8 Å². The number of nitriles is 1. The van der Waals surface area contributed by atoms with Crippen LogP contribution >= 0.6 is 0 Å². The van der Waals surface area contributed by atoms with Gasteiger partial charge in [0.2, 0.25) is 0 Å². The molecule has 6 heteroatoms. The van der Waals surface area contributed by atoms with Crippen molar-refractivity contribution in [1.82, 2.24) is 10.2 Å². The third-order valence-electron chi connectivity index (χ3n) is 4.13. The van der Waals surface area contributed by atoms with E-state index in [4.69, 9.17) is 10.00 Å². The van der Waals surface area contributed by atoms with Gasteiger partial charge in [0.1, 0.15) is 11.9 Å². The van der Waals surface area contributed by atoms with Gasteiger partial charge < -0.3 is 15.0 Å². The highest BCUT2D eigenvalue weighted by Gasteiger charge is 2.26. The molecule has 0 aromatic heterocycles. The van der Waals surface area contributed by atoms with Crippen molar-refractivity contribution in [2.75, 3.05) is 19.7 Å².